The SMILES string of the molecule is O=C1CN(C(=O)c2cc3ncnc(N[C@H](CO)c4nc5ccc(Cl)cc5[nH]4)c3cc2Cl)CCN1. The zero-order valence-electron chi connectivity index (χ0n) is 17.7. The summed E-state index contributed by atoms with van der Waals surface area (Å²) in [6.45, 7) is 0.504. The molecule has 34 heavy (non-hydrogen) atoms. The number of hydrogen-bond donors (Lipinski definition) is 4. The van der Waals surface area contributed by atoms with Gasteiger partial charge in [0.15, 0.2) is 0 Å². The maximum absolute atomic E-state index is 13.0. The summed E-state index contributed by atoms with van der Waals surface area (Å²) in [5, 5.41) is 17.2. The summed E-state index contributed by atoms with van der Waals surface area (Å²) >= 11 is 12.5. The van der Waals surface area contributed by atoms with Gasteiger partial charge in [-0.25, -0.2) is 15.0 Å². The number of benzene rings is 2. The van der Waals surface area contributed by atoms with Crippen LogP contribution in [0, 0.1) is 0 Å². The number of aromatic amines is 1. The van der Waals surface area contributed by atoms with Crippen LogP contribution in [-0.4, -0.2) is 68.0 Å². The molecule has 0 radical (unpaired) electrons. The molecular weight excluding hydrogens is 481 g/mol. The van der Waals surface area contributed by atoms with Gasteiger partial charge in [-0.2, -0.15) is 0 Å². The third-order valence-corrected chi connectivity index (χ3v) is 6.11. The quantitative estimate of drug-likeness (QED) is 0.331. The van der Waals surface area contributed by atoms with Crippen LogP contribution < -0.4 is 10.6 Å². The van der Waals surface area contributed by atoms with Crippen LogP contribution in [0.25, 0.3) is 21.9 Å². The Labute approximate surface area is 203 Å². The third-order valence-electron chi connectivity index (χ3n) is 5.57. The number of hydrogen-bond acceptors (Lipinski definition) is 7. The van der Waals surface area contributed by atoms with Crippen molar-refractivity contribution in [3.63, 3.8) is 0 Å². The molecule has 1 atom stereocenters. The van der Waals surface area contributed by atoms with Gasteiger partial charge in [0.2, 0.25) is 5.91 Å². The number of aromatic nitrogens is 4. The van der Waals surface area contributed by atoms with E-state index >= 15 is 0 Å². The average molecular weight is 500 g/mol. The molecule has 10 nitrogen and oxygen atoms in total. The van der Waals surface area contributed by atoms with Crippen molar-refractivity contribution in [2.45, 2.75) is 6.04 Å². The second-order valence-corrected chi connectivity index (χ2v) is 8.65. The normalized spacial score (nSPS) is 14.9. The summed E-state index contributed by atoms with van der Waals surface area (Å²) < 4.78 is 0. The molecule has 2 aromatic carbocycles. The molecule has 12 heteroatoms. The van der Waals surface area contributed by atoms with Crippen LogP contribution in [0.15, 0.2) is 36.7 Å². The highest BCUT2D eigenvalue weighted by molar-refractivity contribution is 6.35. The molecule has 0 aliphatic carbocycles. The first-order valence-corrected chi connectivity index (χ1v) is 11.2. The Bertz CT molecular complexity index is 1420. The van der Waals surface area contributed by atoms with Crippen LogP contribution in [0.5, 0.6) is 0 Å². The van der Waals surface area contributed by atoms with Gasteiger partial charge in [-0.1, -0.05) is 23.2 Å². The number of carbonyl (C=O) groups is 2. The van der Waals surface area contributed by atoms with E-state index in [9.17, 15) is 14.7 Å². The predicted octanol–water partition coefficient (Wildman–Crippen LogP) is 2.53. The van der Waals surface area contributed by atoms with Gasteiger partial charge in [0, 0.05) is 23.5 Å². The number of H-pyrrole nitrogens is 1. The number of piperazine rings is 1. The highest BCUT2D eigenvalue weighted by Crippen LogP contribution is 2.30. The molecule has 0 saturated carbocycles. The fourth-order valence-corrected chi connectivity index (χ4v) is 4.29. The largest absolute Gasteiger partial charge is 0.394 e. The lowest BCUT2D eigenvalue weighted by Gasteiger charge is -2.27. The number of amides is 2. The van der Waals surface area contributed by atoms with E-state index in [0.717, 1.165) is 5.52 Å². The number of carbonyl (C=O) groups excluding carboxylic acids is 2. The fourth-order valence-electron chi connectivity index (χ4n) is 3.87. The van der Waals surface area contributed by atoms with Crippen LogP contribution in [-0.2, 0) is 4.79 Å². The first-order chi connectivity index (χ1) is 16.4. The predicted molar refractivity (Wildman–Crippen MR) is 128 cm³/mol. The summed E-state index contributed by atoms with van der Waals surface area (Å²) in [5.41, 5.74) is 2.19. The first kappa shape index (κ1) is 22.3. The van der Waals surface area contributed by atoms with E-state index in [4.69, 9.17) is 23.2 Å². The Hall–Kier alpha value is -3.47. The second kappa shape index (κ2) is 9.05. The van der Waals surface area contributed by atoms with Crippen molar-refractivity contribution in [3.05, 3.63) is 58.1 Å². The number of nitrogens with zero attached hydrogens (tertiary/aromatic N) is 4. The molecule has 0 spiro atoms. The number of aliphatic hydroxyl groups excluding tert-OH is 1. The van der Waals surface area contributed by atoms with E-state index in [-0.39, 0.29) is 35.6 Å². The molecule has 2 amide bonds. The molecule has 4 N–H and O–H groups in total. The van der Waals surface area contributed by atoms with Crippen LogP contribution in [0.1, 0.15) is 22.2 Å². The van der Waals surface area contributed by atoms with Gasteiger partial charge in [-0.15, -0.1) is 0 Å². The first-order valence-electron chi connectivity index (χ1n) is 10.5. The van der Waals surface area contributed by atoms with Gasteiger partial charge in [0.25, 0.3) is 5.91 Å². The molecule has 1 fully saturated rings. The smallest absolute Gasteiger partial charge is 0.255 e. The third kappa shape index (κ3) is 4.23. The second-order valence-electron chi connectivity index (χ2n) is 7.81. The zero-order chi connectivity index (χ0) is 23.8. The minimum Gasteiger partial charge on any atom is -0.394 e. The minimum absolute atomic E-state index is 0.0231. The number of anilines is 1. The lowest BCUT2D eigenvalue weighted by Crippen LogP contribution is -2.50. The summed E-state index contributed by atoms with van der Waals surface area (Å²) in [5.74, 6) is 0.367. The van der Waals surface area contributed by atoms with Gasteiger partial charge in [-0.05, 0) is 30.3 Å². The summed E-state index contributed by atoms with van der Waals surface area (Å²) in [6, 6.07) is 7.87. The fraction of sp³-hybridized carbons (Fsp3) is 0.227. The summed E-state index contributed by atoms with van der Waals surface area (Å²) in [4.78, 5) is 42.3. The molecule has 1 saturated heterocycles. The molecule has 1 aliphatic heterocycles. The number of rotatable bonds is 5. The molecule has 3 heterocycles. The molecule has 5 rings (SSSR count). The summed E-state index contributed by atoms with van der Waals surface area (Å²) in [7, 11) is 0. The molecule has 0 bridgehead atoms. The van der Waals surface area contributed by atoms with Crippen molar-refractivity contribution in [2.75, 3.05) is 31.6 Å². The number of halogens is 2. The topological polar surface area (TPSA) is 136 Å². The van der Waals surface area contributed by atoms with Gasteiger partial charge in [-0.3, -0.25) is 9.59 Å². The van der Waals surface area contributed by atoms with Gasteiger partial charge >= 0.3 is 0 Å². The van der Waals surface area contributed by atoms with Gasteiger partial charge in [0.1, 0.15) is 24.0 Å². The number of aliphatic hydroxyl groups is 1. The van der Waals surface area contributed by atoms with Crippen molar-refractivity contribution >= 4 is 62.8 Å². The van der Waals surface area contributed by atoms with Crippen molar-refractivity contribution in [1.82, 2.24) is 30.2 Å². The average Bonchev–Trinajstić information content (AvgIpc) is 3.24. The van der Waals surface area contributed by atoms with Crippen LogP contribution in [0.4, 0.5) is 5.82 Å². The molecule has 174 valence electrons. The lowest BCUT2D eigenvalue weighted by atomic mass is 10.1. The van der Waals surface area contributed by atoms with Crippen molar-refractivity contribution in [1.29, 1.82) is 0 Å². The maximum atomic E-state index is 13.0. The molecule has 1 aliphatic rings. The summed E-state index contributed by atoms with van der Waals surface area (Å²) in [6.07, 6.45) is 1.36. The van der Waals surface area contributed by atoms with E-state index in [1.807, 2.05) is 0 Å². The van der Waals surface area contributed by atoms with E-state index < -0.39 is 6.04 Å². The van der Waals surface area contributed by atoms with Gasteiger partial charge in [0.05, 0.1) is 40.3 Å². The maximum Gasteiger partial charge on any atom is 0.255 e. The highest BCUT2D eigenvalue weighted by Gasteiger charge is 2.25. The van der Waals surface area contributed by atoms with Gasteiger partial charge < -0.3 is 25.6 Å². The molecule has 0 unspecified atom stereocenters. The molecular formula is C22H19Cl2N7O3. The highest BCUT2D eigenvalue weighted by atomic mass is 35.5. The zero-order valence-corrected chi connectivity index (χ0v) is 19.2. The van der Waals surface area contributed by atoms with Crippen LogP contribution in [0.3, 0.4) is 0 Å². The van der Waals surface area contributed by atoms with Crippen molar-refractivity contribution < 1.29 is 14.7 Å². The monoisotopic (exact) mass is 499 g/mol. The standard InChI is InChI=1S/C22H19Cl2N7O3/c23-11-1-2-15-17(5-11)29-21(28-15)18(9-32)30-20-13-6-14(24)12(7-16(13)26-10-27-20)22(34)31-4-3-25-19(33)8-31/h1-2,5-7,10,18,32H,3-4,8-9H2,(H,25,33)(H,28,29)(H,26,27,30)/t18-/m1/s1. The Kier molecular flexibility index (Phi) is 5.94. The van der Waals surface area contributed by atoms with Crippen LogP contribution in [0.2, 0.25) is 10.0 Å². The Morgan fingerprint density at radius 2 is 2.06 bits per heavy atom. The lowest BCUT2D eigenvalue weighted by molar-refractivity contribution is -0.123. The minimum atomic E-state index is -0.601. The number of nitrogens with one attached hydrogen (secondary N) is 3. The Morgan fingerprint density at radius 3 is 2.85 bits per heavy atom. The van der Waals surface area contributed by atoms with E-state index in [1.165, 1.54) is 11.2 Å². The van der Waals surface area contributed by atoms with Crippen molar-refractivity contribution in [2.24, 2.45) is 0 Å². The van der Waals surface area contributed by atoms with E-state index in [2.05, 4.69) is 30.6 Å². The Morgan fingerprint density at radius 1 is 1.21 bits per heavy atom. The van der Waals surface area contributed by atoms with E-state index in [0.29, 0.717) is 46.2 Å². The van der Waals surface area contributed by atoms with Crippen molar-refractivity contribution in [3.8, 4) is 0 Å². The number of imidazole rings is 1. The van der Waals surface area contributed by atoms with Crippen LogP contribution >= 0.6 is 23.2 Å². The molecule has 2 aromatic heterocycles. The van der Waals surface area contributed by atoms with E-state index in [1.54, 1.807) is 30.3 Å². The number of fused-ring (bicyclic) bond motifs is 2. The molecule has 4 aromatic rings. The Balaban J connectivity index is 1.46.